The largest absolute Gasteiger partial charge is 0.481 e. The molecule has 2 aliphatic carbocycles. The number of hydrogen-bond donors (Lipinski definition) is 3. The van der Waals surface area contributed by atoms with Gasteiger partial charge in [0, 0.05) is 18.7 Å². The number of carboxylic acid groups (broad SMARTS) is 1. The third-order valence-electron chi connectivity index (χ3n) is 3.95. The van der Waals surface area contributed by atoms with Gasteiger partial charge in [-0.1, -0.05) is 0 Å². The van der Waals surface area contributed by atoms with Crippen molar-refractivity contribution in [3.8, 4) is 0 Å². The third kappa shape index (κ3) is 3.83. The van der Waals surface area contributed by atoms with E-state index in [1.54, 1.807) is 0 Å². The molecule has 0 unspecified atom stereocenters. The molecule has 0 saturated heterocycles. The van der Waals surface area contributed by atoms with Crippen LogP contribution in [-0.4, -0.2) is 41.9 Å². The van der Waals surface area contributed by atoms with Crippen LogP contribution in [-0.2, 0) is 9.53 Å². The average molecular weight is 270 g/mol. The Morgan fingerprint density at radius 1 is 1.16 bits per heavy atom. The van der Waals surface area contributed by atoms with Crippen molar-refractivity contribution in [2.45, 2.75) is 57.2 Å². The highest BCUT2D eigenvalue weighted by Gasteiger charge is 2.33. The Balaban J connectivity index is 1.62. The minimum atomic E-state index is -0.761. The number of nitrogens with one attached hydrogen (secondary N) is 2. The van der Waals surface area contributed by atoms with Crippen LogP contribution >= 0.6 is 0 Å². The monoisotopic (exact) mass is 270 g/mol. The number of carbonyl (C=O) groups is 2. The van der Waals surface area contributed by atoms with E-state index in [2.05, 4.69) is 10.6 Å². The average Bonchev–Trinajstić information content (AvgIpc) is 2.75. The second-order valence-corrected chi connectivity index (χ2v) is 5.41. The van der Waals surface area contributed by atoms with E-state index < -0.39 is 5.97 Å². The first-order valence-electron chi connectivity index (χ1n) is 7.00. The van der Waals surface area contributed by atoms with E-state index >= 15 is 0 Å². The maximum absolute atomic E-state index is 11.7. The summed E-state index contributed by atoms with van der Waals surface area (Å²) in [6, 6.07) is -0.00641. The quantitative estimate of drug-likeness (QED) is 0.698. The lowest BCUT2D eigenvalue weighted by molar-refractivity contribution is -0.141. The molecular weight excluding hydrogens is 248 g/mol. The van der Waals surface area contributed by atoms with Crippen LogP contribution < -0.4 is 10.6 Å². The van der Waals surface area contributed by atoms with E-state index in [-0.39, 0.29) is 30.1 Å². The fourth-order valence-electron chi connectivity index (χ4n) is 2.80. The predicted molar refractivity (Wildman–Crippen MR) is 68.9 cm³/mol. The first kappa shape index (κ1) is 14.1. The Morgan fingerprint density at radius 2 is 1.84 bits per heavy atom. The van der Waals surface area contributed by atoms with Gasteiger partial charge in [0.15, 0.2) is 0 Å². The summed E-state index contributed by atoms with van der Waals surface area (Å²) in [7, 11) is 0. The summed E-state index contributed by atoms with van der Waals surface area (Å²) in [5.74, 6) is -1.07. The molecule has 0 aromatic heterocycles. The normalized spacial score (nSPS) is 33.5. The highest BCUT2D eigenvalue weighted by atomic mass is 16.5. The topological polar surface area (TPSA) is 87.7 Å². The summed E-state index contributed by atoms with van der Waals surface area (Å²) < 4.78 is 5.43. The summed E-state index contributed by atoms with van der Waals surface area (Å²) in [4.78, 5) is 22.6. The van der Waals surface area contributed by atoms with Crippen molar-refractivity contribution in [3.05, 3.63) is 0 Å². The van der Waals surface area contributed by atoms with E-state index in [0.717, 1.165) is 19.3 Å². The zero-order chi connectivity index (χ0) is 13.8. The minimum absolute atomic E-state index is 0.0103. The van der Waals surface area contributed by atoms with Crippen molar-refractivity contribution in [2.75, 3.05) is 6.61 Å². The van der Waals surface area contributed by atoms with Gasteiger partial charge in [-0.25, -0.2) is 4.79 Å². The Kier molecular flexibility index (Phi) is 4.63. The van der Waals surface area contributed by atoms with Gasteiger partial charge >= 0.3 is 12.0 Å². The summed E-state index contributed by atoms with van der Waals surface area (Å²) in [5, 5.41) is 14.6. The Morgan fingerprint density at radius 3 is 2.42 bits per heavy atom. The van der Waals surface area contributed by atoms with Gasteiger partial charge in [-0.3, -0.25) is 4.79 Å². The van der Waals surface area contributed by atoms with Crippen LogP contribution in [0.2, 0.25) is 0 Å². The fraction of sp³-hybridized carbons (Fsp3) is 0.846. The summed E-state index contributed by atoms with van der Waals surface area (Å²) in [6.07, 6.45) is 3.94. The number of ether oxygens (including phenoxy) is 1. The molecule has 0 aromatic rings. The highest BCUT2D eigenvalue weighted by molar-refractivity contribution is 5.75. The van der Waals surface area contributed by atoms with Crippen molar-refractivity contribution < 1.29 is 19.4 Å². The molecule has 6 nitrogen and oxygen atoms in total. The van der Waals surface area contributed by atoms with Crippen molar-refractivity contribution in [3.63, 3.8) is 0 Å². The summed E-state index contributed by atoms with van der Waals surface area (Å²) >= 11 is 0. The molecule has 19 heavy (non-hydrogen) atoms. The van der Waals surface area contributed by atoms with Crippen LogP contribution in [0.25, 0.3) is 0 Å². The lowest BCUT2D eigenvalue weighted by atomic mass is 9.89. The van der Waals surface area contributed by atoms with Crippen molar-refractivity contribution >= 4 is 12.0 Å². The highest BCUT2D eigenvalue weighted by Crippen LogP contribution is 2.26. The fourth-order valence-corrected chi connectivity index (χ4v) is 2.80. The number of amides is 2. The van der Waals surface area contributed by atoms with Crippen LogP contribution in [0.5, 0.6) is 0 Å². The molecule has 0 radical (unpaired) electrons. The van der Waals surface area contributed by atoms with E-state index in [4.69, 9.17) is 9.84 Å². The second-order valence-electron chi connectivity index (χ2n) is 5.41. The Bertz CT molecular complexity index is 342. The minimum Gasteiger partial charge on any atom is -0.481 e. The predicted octanol–water partition coefficient (Wildman–Crippen LogP) is 1.11. The van der Waals surface area contributed by atoms with Crippen LogP contribution in [0, 0.1) is 5.92 Å². The summed E-state index contributed by atoms with van der Waals surface area (Å²) in [6.45, 7) is 2.68. The van der Waals surface area contributed by atoms with Crippen molar-refractivity contribution in [2.24, 2.45) is 5.92 Å². The molecule has 2 fully saturated rings. The van der Waals surface area contributed by atoms with Crippen molar-refractivity contribution in [1.29, 1.82) is 0 Å². The molecule has 0 aliphatic heterocycles. The maximum atomic E-state index is 11.7. The van der Waals surface area contributed by atoms with Crippen LogP contribution in [0.3, 0.4) is 0 Å². The van der Waals surface area contributed by atoms with Crippen molar-refractivity contribution in [1.82, 2.24) is 10.6 Å². The molecule has 108 valence electrons. The lowest BCUT2D eigenvalue weighted by Crippen LogP contribution is -2.52. The van der Waals surface area contributed by atoms with E-state index in [1.165, 1.54) is 0 Å². The molecule has 0 bridgehead atoms. The maximum Gasteiger partial charge on any atom is 0.315 e. The van der Waals surface area contributed by atoms with Gasteiger partial charge in [0.25, 0.3) is 0 Å². The number of carbonyl (C=O) groups excluding carboxylic acids is 1. The van der Waals surface area contributed by atoms with Crippen LogP contribution in [0.15, 0.2) is 0 Å². The lowest BCUT2D eigenvalue weighted by Gasteiger charge is -2.35. The first-order valence-corrected chi connectivity index (χ1v) is 7.00. The molecule has 2 amide bonds. The van der Waals surface area contributed by atoms with Crippen LogP contribution in [0.4, 0.5) is 4.79 Å². The van der Waals surface area contributed by atoms with E-state index in [9.17, 15) is 9.59 Å². The number of urea groups is 1. The molecule has 2 aliphatic rings. The molecule has 0 aromatic carbocycles. The van der Waals surface area contributed by atoms with Gasteiger partial charge < -0.3 is 20.5 Å². The zero-order valence-corrected chi connectivity index (χ0v) is 11.2. The first-order chi connectivity index (χ1) is 9.08. The second kappa shape index (κ2) is 6.23. The molecule has 0 heterocycles. The standard InChI is InChI=1S/C13H22N2O4/c1-2-19-11-6-10(7-11)15-13(18)14-9-4-3-8(5-9)12(16)17/h8-11H,2-7H2,1H3,(H,16,17)(H2,14,15,18)/t8-,9+,10?,11?/m1/s1. The van der Waals surface area contributed by atoms with E-state index in [0.29, 0.717) is 19.4 Å². The Labute approximate surface area is 112 Å². The smallest absolute Gasteiger partial charge is 0.315 e. The molecule has 2 saturated carbocycles. The van der Waals surface area contributed by atoms with Gasteiger partial charge in [-0.15, -0.1) is 0 Å². The van der Waals surface area contributed by atoms with Gasteiger partial charge in [-0.05, 0) is 39.0 Å². The molecule has 3 N–H and O–H groups in total. The molecular formula is C13H22N2O4. The molecule has 0 spiro atoms. The van der Waals surface area contributed by atoms with Crippen LogP contribution in [0.1, 0.15) is 39.0 Å². The zero-order valence-electron chi connectivity index (χ0n) is 11.2. The van der Waals surface area contributed by atoms with Gasteiger partial charge in [0.05, 0.1) is 12.0 Å². The molecule has 6 heteroatoms. The number of hydrogen-bond acceptors (Lipinski definition) is 3. The number of carboxylic acids is 1. The van der Waals surface area contributed by atoms with Gasteiger partial charge in [-0.2, -0.15) is 0 Å². The third-order valence-corrected chi connectivity index (χ3v) is 3.95. The number of aliphatic carboxylic acids is 1. The molecule has 2 rings (SSSR count). The SMILES string of the molecule is CCOC1CC(NC(=O)N[C@H]2CC[C@@H](C(=O)O)C2)C1. The Hall–Kier alpha value is -1.30. The summed E-state index contributed by atoms with van der Waals surface area (Å²) in [5.41, 5.74) is 0. The number of rotatable bonds is 5. The van der Waals surface area contributed by atoms with Gasteiger partial charge in [0.2, 0.25) is 0 Å². The van der Waals surface area contributed by atoms with E-state index in [1.807, 2.05) is 6.92 Å². The molecule has 2 atom stereocenters. The van der Waals surface area contributed by atoms with Gasteiger partial charge in [0.1, 0.15) is 0 Å².